The highest BCUT2D eigenvalue weighted by molar-refractivity contribution is 6.35. The summed E-state index contributed by atoms with van der Waals surface area (Å²) in [5, 5.41) is 8.71. The Hall–Kier alpha value is -1.92. The summed E-state index contributed by atoms with van der Waals surface area (Å²) in [5.41, 5.74) is -1.36. The van der Waals surface area contributed by atoms with Gasteiger partial charge in [-0.05, 0) is 69.6 Å². The van der Waals surface area contributed by atoms with Crippen LogP contribution in [0.15, 0.2) is 0 Å². The minimum atomic E-state index is -1.63. The molecule has 5 fully saturated rings. The van der Waals surface area contributed by atoms with Crippen LogP contribution in [0.5, 0.6) is 0 Å². The van der Waals surface area contributed by atoms with Crippen LogP contribution in [0.1, 0.15) is 77.0 Å². The summed E-state index contributed by atoms with van der Waals surface area (Å²) >= 11 is 0. The number of carboxylic acids is 1. The third kappa shape index (κ3) is 3.67. The predicted octanol–water partition coefficient (Wildman–Crippen LogP) is 2.79. The predicted molar refractivity (Wildman–Crippen MR) is 96.2 cm³/mol. The lowest BCUT2D eigenvalue weighted by molar-refractivity contribution is -0.215. The van der Waals surface area contributed by atoms with Crippen molar-refractivity contribution in [2.75, 3.05) is 0 Å². The molecule has 2 unspecified atom stereocenters. The molecule has 5 aliphatic rings. The van der Waals surface area contributed by atoms with E-state index in [1.807, 2.05) is 0 Å². The number of carbonyl (C=O) groups excluding carboxylic acids is 3. The van der Waals surface area contributed by atoms with Crippen LogP contribution in [0.4, 0.5) is 0 Å². The molecule has 2 atom stereocenters. The molecule has 0 heterocycles. The molecule has 1 N–H and O–H groups in total. The van der Waals surface area contributed by atoms with E-state index in [4.69, 9.17) is 14.6 Å². The number of hydrogen-bond donors (Lipinski definition) is 1. The second-order valence-corrected chi connectivity index (χ2v) is 9.47. The number of rotatable bonds is 6. The number of esters is 2. The smallest absolute Gasteiger partial charge is 0.372 e. The van der Waals surface area contributed by atoms with Crippen LogP contribution in [0.2, 0.25) is 0 Å². The van der Waals surface area contributed by atoms with Crippen molar-refractivity contribution in [3.05, 3.63) is 0 Å². The molecule has 0 spiro atoms. The Morgan fingerprint density at radius 1 is 0.929 bits per heavy atom. The Kier molecular flexibility index (Phi) is 4.96. The molecule has 0 saturated heterocycles. The molecule has 28 heavy (non-hydrogen) atoms. The second-order valence-electron chi connectivity index (χ2n) is 9.47. The van der Waals surface area contributed by atoms with Gasteiger partial charge in [0.2, 0.25) is 0 Å². The Balaban J connectivity index is 1.47. The van der Waals surface area contributed by atoms with Crippen molar-refractivity contribution in [1.29, 1.82) is 0 Å². The molecule has 4 bridgehead atoms. The molecular formula is C21H28O7. The first-order valence-electron chi connectivity index (χ1n) is 10.5. The van der Waals surface area contributed by atoms with E-state index in [-0.39, 0.29) is 12.1 Å². The Labute approximate surface area is 164 Å². The van der Waals surface area contributed by atoms with E-state index in [0.29, 0.717) is 31.1 Å². The van der Waals surface area contributed by atoms with Crippen molar-refractivity contribution >= 4 is 23.7 Å². The van der Waals surface area contributed by atoms with E-state index in [9.17, 15) is 19.2 Å². The van der Waals surface area contributed by atoms with Gasteiger partial charge in [0, 0.05) is 6.42 Å². The topological polar surface area (TPSA) is 107 Å². The molecule has 0 radical (unpaired) electrons. The first-order valence-corrected chi connectivity index (χ1v) is 10.5. The van der Waals surface area contributed by atoms with Crippen molar-refractivity contribution in [2.45, 2.75) is 88.8 Å². The van der Waals surface area contributed by atoms with Crippen LogP contribution < -0.4 is 0 Å². The van der Waals surface area contributed by atoms with Crippen LogP contribution in [0, 0.1) is 17.3 Å². The van der Waals surface area contributed by atoms with Gasteiger partial charge in [-0.25, -0.2) is 4.79 Å². The minimum absolute atomic E-state index is 0.000873. The van der Waals surface area contributed by atoms with Gasteiger partial charge >= 0.3 is 17.9 Å². The molecule has 7 nitrogen and oxygen atoms in total. The largest absolute Gasteiger partial charge is 0.475 e. The van der Waals surface area contributed by atoms with Crippen LogP contribution >= 0.6 is 0 Å². The number of carboxylic acid groups (broad SMARTS) is 1. The van der Waals surface area contributed by atoms with Crippen molar-refractivity contribution in [1.82, 2.24) is 0 Å². The fourth-order valence-electron chi connectivity index (χ4n) is 6.48. The van der Waals surface area contributed by atoms with Crippen LogP contribution in [-0.2, 0) is 28.7 Å². The zero-order valence-corrected chi connectivity index (χ0v) is 16.1. The molecule has 0 aliphatic heterocycles. The Morgan fingerprint density at radius 2 is 1.57 bits per heavy atom. The number of carbonyl (C=O) groups is 4. The summed E-state index contributed by atoms with van der Waals surface area (Å²) < 4.78 is 11.6. The van der Waals surface area contributed by atoms with Gasteiger partial charge in [-0.2, -0.15) is 0 Å². The lowest BCUT2D eigenvalue weighted by Gasteiger charge is -2.59. The van der Waals surface area contributed by atoms with Crippen molar-refractivity contribution in [2.24, 2.45) is 17.3 Å². The van der Waals surface area contributed by atoms with Gasteiger partial charge in [0.15, 0.2) is 0 Å². The molecule has 0 aromatic carbocycles. The standard InChI is InChI=1S/C21H28O7/c22-16(18(24)25)7-17(23)28-21-10-13-6-14(11-21)9-20(8-13,12-21)19(26)27-15-4-2-1-3-5-15/h13-15H,1-12H2,(H,24,25). The summed E-state index contributed by atoms with van der Waals surface area (Å²) in [6.45, 7) is 0. The van der Waals surface area contributed by atoms with E-state index >= 15 is 0 Å². The van der Waals surface area contributed by atoms with Crippen LogP contribution in [-0.4, -0.2) is 40.5 Å². The Morgan fingerprint density at radius 3 is 2.18 bits per heavy atom. The molecule has 0 aromatic rings. The number of Topliss-reactive ketones (excluding diaryl/α,β-unsaturated/α-hetero) is 1. The fraction of sp³-hybridized carbons (Fsp3) is 0.810. The maximum atomic E-state index is 13.2. The first-order chi connectivity index (χ1) is 13.3. The SMILES string of the molecule is O=C(CC(=O)C(=O)O)OC12CC3CC(C1)CC(C(=O)OC1CCCCC1)(C3)C2. The number of hydrogen-bond acceptors (Lipinski definition) is 6. The molecule has 5 rings (SSSR count). The third-order valence-electron chi connectivity index (χ3n) is 7.14. The number of ketones is 1. The summed E-state index contributed by atoms with van der Waals surface area (Å²) in [4.78, 5) is 47.4. The van der Waals surface area contributed by atoms with Gasteiger partial charge in [0.25, 0.3) is 5.78 Å². The van der Waals surface area contributed by atoms with E-state index in [2.05, 4.69) is 0 Å². The molecular weight excluding hydrogens is 364 g/mol. The molecule has 0 amide bonds. The zero-order chi connectivity index (χ0) is 19.9. The third-order valence-corrected chi connectivity index (χ3v) is 7.14. The zero-order valence-electron chi connectivity index (χ0n) is 16.1. The average molecular weight is 392 g/mol. The van der Waals surface area contributed by atoms with Gasteiger partial charge in [-0.15, -0.1) is 0 Å². The molecule has 5 aliphatic carbocycles. The lowest BCUT2D eigenvalue weighted by Crippen LogP contribution is -2.60. The highest BCUT2D eigenvalue weighted by atomic mass is 16.6. The van der Waals surface area contributed by atoms with E-state index in [0.717, 1.165) is 44.9 Å². The van der Waals surface area contributed by atoms with Crippen LogP contribution in [0.25, 0.3) is 0 Å². The van der Waals surface area contributed by atoms with E-state index in [1.165, 1.54) is 6.42 Å². The van der Waals surface area contributed by atoms with Gasteiger partial charge < -0.3 is 14.6 Å². The van der Waals surface area contributed by atoms with Crippen molar-refractivity contribution < 1.29 is 33.8 Å². The molecule has 0 aromatic heterocycles. The van der Waals surface area contributed by atoms with E-state index < -0.39 is 35.2 Å². The van der Waals surface area contributed by atoms with Crippen molar-refractivity contribution in [3.63, 3.8) is 0 Å². The summed E-state index contributed by atoms with van der Waals surface area (Å²) in [7, 11) is 0. The maximum Gasteiger partial charge on any atom is 0.372 e. The highest BCUT2D eigenvalue weighted by Gasteiger charge is 2.63. The lowest BCUT2D eigenvalue weighted by atomic mass is 9.48. The fourth-order valence-corrected chi connectivity index (χ4v) is 6.48. The molecule has 7 heteroatoms. The summed E-state index contributed by atoms with van der Waals surface area (Å²) in [6, 6.07) is 0. The van der Waals surface area contributed by atoms with Gasteiger partial charge in [-0.1, -0.05) is 6.42 Å². The summed E-state index contributed by atoms with van der Waals surface area (Å²) in [5.74, 6) is -3.12. The highest BCUT2D eigenvalue weighted by Crippen LogP contribution is 2.63. The van der Waals surface area contributed by atoms with Crippen LogP contribution in [0.3, 0.4) is 0 Å². The molecule has 5 saturated carbocycles. The average Bonchev–Trinajstić information content (AvgIpc) is 2.60. The monoisotopic (exact) mass is 392 g/mol. The number of ether oxygens (including phenoxy) is 2. The van der Waals surface area contributed by atoms with E-state index in [1.54, 1.807) is 0 Å². The van der Waals surface area contributed by atoms with Gasteiger partial charge in [-0.3, -0.25) is 14.4 Å². The quantitative estimate of drug-likeness (QED) is 0.421. The maximum absolute atomic E-state index is 13.2. The number of aliphatic carboxylic acids is 1. The molecule has 154 valence electrons. The van der Waals surface area contributed by atoms with Gasteiger partial charge in [0.05, 0.1) is 5.41 Å². The minimum Gasteiger partial charge on any atom is -0.475 e. The summed E-state index contributed by atoms with van der Waals surface area (Å²) in [6.07, 6.45) is 8.87. The van der Waals surface area contributed by atoms with Gasteiger partial charge in [0.1, 0.15) is 18.1 Å². The second kappa shape index (κ2) is 7.16. The Bertz CT molecular complexity index is 677. The first kappa shape index (κ1) is 19.4. The van der Waals surface area contributed by atoms with Crippen molar-refractivity contribution in [3.8, 4) is 0 Å². The normalized spacial score (nSPS) is 36.7.